The molecule has 33 heavy (non-hydrogen) atoms. The minimum Gasteiger partial charge on any atom is -0.481 e. The molecule has 2 atom stereocenters. The highest BCUT2D eigenvalue weighted by Gasteiger charge is 2.29. The highest BCUT2D eigenvalue weighted by Crippen LogP contribution is 2.44. The Kier molecular flexibility index (Phi) is 8.46. The van der Waals surface area contributed by atoms with Gasteiger partial charge in [0.25, 0.3) is 0 Å². The Hall–Kier alpha value is -3.35. The molecule has 0 saturated heterocycles. The van der Waals surface area contributed by atoms with Gasteiger partial charge >= 0.3 is 12.1 Å². The van der Waals surface area contributed by atoms with E-state index in [0.717, 1.165) is 35.1 Å². The summed E-state index contributed by atoms with van der Waals surface area (Å²) in [6.45, 7) is 4.02. The second-order valence-electron chi connectivity index (χ2n) is 8.55. The highest BCUT2D eigenvalue weighted by molar-refractivity contribution is 5.81. The molecule has 2 unspecified atom stereocenters. The number of carboxylic acids is 1. The van der Waals surface area contributed by atoms with Gasteiger partial charge in [0.15, 0.2) is 0 Å². The smallest absolute Gasteiger partial charge is 0.407 e. The van der Waals surface area contributed by atoms with E-state index in [1.165, 1.54) is 0 Å². The summed E-state index contributed by atoms with van der Waals surface area (Å²) in [6, 6.07) is 15.8. The van der Waals surface area contributed by atoms with Crippen molar-refractivity contribution < 1.29 is 24.2 Å². The Balaban J connectivity index is 1.49. The van der Waals surface area contributed by atoms with Crippen LogP contribution in [0.25, 0.3) is 11.1 Å². The maximum absolute atomic E-state index is 12.5. The van der Waals surface area contributed by atoms with Crippen LogP contribution < -0.4 is 10.6 Å². The molecule has 0 fully saturated rings. The maximum Gasteiger partial charge on any atom is 0.407 e. The van der Waals surface area contributed by atoms with Crippen LogP contribution in [0.1, 0.15) is 56.6 Å². The third-order valence-corrected chi connectivity index (χ3v) is 6.02. The molecule has 0 heterocycles. The van der Waals surface area contributed by atoms with Crippen LogP contribution in [0.2, 0.25) is 0 Å². The van der Waals surface area contributed by atoms with E-state index in [1.807, 2.05) is 31.2 Å². The quantitative estimate of drug-likeness (QED) is 0.471. The molecular formula is C26H32N2O5. The van der Waals surface area contributed by atoms with Gasteiger partial charge in [0.2, 0.25) is 5.91 Å². The number of nitrogens with one attached hydrogen (secondary N) is 2. The molecular weight excluding hydrogens is 420 g/mol. The van der Waals surface area contributed by atoms with Crippen molar-refractivity contribution in [2.75, 3.05) is 13.2 Å². The van der Waals surface area contributed by atoms with E-state index in [2.05, 4.69) is 34.9 Å². The summed E-state index contributed by atoms with van der Waals surface area (Å²) in [7, 11) is 0. The Bertz CT molecular complexity index is 945. The molecule has 0 aliphatic heterocycles. The number of hydrogen-bond donors (Lipinski definition) is 3. The third kappa shape index (κ3) is 6.34. The average Bonchev–Trinajstić information content (AvgIpc) is 3.13. The molecule has 0 aromatic heterocycles. The summed E-state index contributed by atoms with van der Waals surface area (Å²) in [5.41, 5.74) is 4.59. The van der Waals surface area contributed by atoms with Crippen LogP contribution in [0.5, 0.6) is 0 Å². The van der Waals surface area contributed by atoms with Crippen LogP contribution in [-0.2, 0) is 14.3 Å². The molecule has 2 amide bonds. The minimum atomic E-state index is -0.944. The van der Waals surface area contributed by atoms with Crippen LogP contribution in [-0.4, -0.2) is 42.3 Å². The first-order valence-electron chi connectivity index (χ1n) is 11.5. The number of amides is 2. The molecule has 7 heteroatoms. The van der Waals surface area contributed by atoms with Crippen LogP contribution in [0, 0.1) is 5.92 Å². The predicted octanol–water partition coefficient (Wildman–Crippen LogP) is 4.31. The number of rotatable bonds is 11. The zero-order valence-electron chi connectivity index (χ0n) is 19.2. The van der Waals surface area contributed by atoms with Crippen molar-refractivity contribution in [3.63, 3.8) is 0 Å². The topological polar surface area (TPSA) is 105 Å². The van der Waals surface area contributed by atoms with Gasteiger partial charge in [0, 0.05) is 18.5 Å². The lowest BCUT2D eigenvalue weighted by Gasteiger charge is -2.20. The van der Waals surface area contributed by atoms with Gasteiger partial charge in [-0.05, 0) is 28.7 Å². The third-order valence-electron chi connectivity index (χ3n) is 6.02. The number of benzene rings is 2. The van der Waals surface area contributed by atoms with Gasteiger partial charge in [-0.2, -0.15) is 0 Å². The lowest BCUT2D eigenvalue weighted by Crippen LogP contribution is -2.43. The number of hydrogen-bond acceptors (Lipinski definition) is 4. The molecule has 1 aliphatic carbocycles. The molecule has 3 rings (SSSR count). The second kappa shape index (κ2) is 11.5. The van der Waals surface area contributed by atoms with Crippen LogP contribution in [0.3, 0.4) is 0 Å². The van der Waals surface area contributed by atoms with E-state index in [-0.39, 0.29) is 31.4 Å². The fourth-order valence-corrected chi connectivity index (χ4v) is 4.21. The van der Waals surface area contributed by atoms with Gasteiger partial charge in [-0.3, -0.25) is 9.59 Å². The fraction of sp³-hybridized carbons (Fsp3) is 0.423. The summed E-state index contributed by atoms with van der Waals surface area (Å²) in [5.74, 6) is -1.76. The zero-order chi connectivity index (χ0) is 23.8. The number of carboxylic acid groups (broad SMARTS) is 1. The molecule has 1 aliphatic rings. The first-order chi connectivity index (χ1) is 15.9. The summed E-state index contributed by atoms with van der Waals surface area (Å²) in [6.07, 6.45) is 1.68. The van der Waals surface area contributed by atoms with Gasteiger partial charge in [-0.25, -0.2) is 4.79 Å². The first-order valence-corrected chi connectivity index (χ1v) is 11.5. The monoisotopic (exact) mass is 452 g/mol. The molecule has 3 N–H and O–H groups in total. The number of fused-ring (bicyclic) bond motifs is 3. The lowest BCUT2D eigenvalue weighted by atomic mass is 9.98. The van der Waals surface area contributed by atoms with Crippen molar-refractivity contribution in [3.05, 3.63) is 59.7 Å². The van der Waals surface area contributed by atoms with Crippen LogP contribution in [0.4, 0.5) is 4.79 Å². The molecule has 0 bridgehead atoms. The molecule has 0 spiro atoms. The first kappa shape index (κ1) is 24.3. The zero-order valence-corrected chi connectivity index (χ0v) is 19.2. The minimum absolute atomic E-state index is 0.0285. The Labute approximate surface area is 194 Å². The lowest BCUT2D eigenvalue weighted by molar-refractivity contribution is -0.137. The number of alkyl carbamates (subject to hydrolysis) is 1. The maximum atomic E-state index is 12.5. The van der Waals surface area contributed by atoms with E-state index in [4.69, 9.17) is 9.84 Å². The van der Waals surface area contributed by atoms with Gasteiger partial charge in [-0.15, -0.1) is 0 Å². The van der Waals surface area contributed by atoms with Gasteiger partial charge in [0.05, 0.1) is 12.3 Å². The average molecular weight is 453 g/mol. The Morgan fingerprint density at radius 3 is 2.21 bits per heavy atom. The summed E-state index contributed by atoms with van der Waals surface area (Å²) in [5, 5.41) is 14.5. The number of unbranched alkanes of at least 4 members (excludes halogenated alkanes) is 1. The SMILES string of the molecule is CCCCC(CC(=O)O)NC(=O)C(C)CNC(=O)OCC1c2ccccc2-c2ccccc21. The number of aliphatic carboxylic acids is 1. The van der Waals surface area contributed by atoms with E-state index in [1.54, 1.807) is 6.92 Å². The molecule has 7 nitrogen and oxygen atoms in total. The second-order valence-corrected chi connectivity index (χ2v) is 8.55. The van der Waals surface area contributed by atoms with Crippen LogP contribution >= 0.6 is 0 Å². The van der Waals surface area contributed by atoms with E-state index in [0.29, 0.717) is 6.42 Å². The molecule has 2 aromatic carbocycles. The van der Waals surface area contributed by atoms with E-state index < -0.39 is 24.0 Å². The van der Waals surface area contributed by atoms with Crippen molar-refractivity contribution in [1.82, 2.24) is 10.6 Å². The highest BCUT2D eigenvalue weighted by atomic mass is 16.5. The molecule has 0 saturated carbocycles. The number of carbonyl (C=O) groups is 3. The number of carbonyl (C=O) groups excluding carboxylic acids is 2. The van der Waals surface area contributed by atoms with Gasteiger partial charge < -0.3 is 20.5 Å². The van der Waals surface area contributed by atoms with Gasteiger partial charge in [0.1, 0.15) is 6.61 Å². The van der Waals surface area contributed by atoms with Crippen molar-refractivity contribution in [2.45, 2.75) is 51.5 Å². The standard InChI is InChI=1S/C26H32N2O5/c1-3-4-9-18(14-24(29)30)28-25(31)17(2)15-27-26(32)33-16-23-21-12-7-5-10-19(21)20-11-6-8-13-22(20)23/h5-8,10-13,17-18,23H,3-4,9,14-16H2,1-2H3,(H,27,32)(H,28,31)(H,29,30). The normalized spacial score (nSPS) is 14.0. The Morgan fingerprint density at radius 1 is 1.03 bits per heavy atom. The summed E-state index contributed by atoms with van der Waals surface area (Å²) >= 11 is 0. The summed E-state index contributed by atoms with van der Waals surface area (Å²) in [4.78, 5) is 35.8. The molecule has 176 valence electrons. The van der Waals surface area contributed by atoms with Crippen molar-refractivity contribution in [2.24, 2.45) is 5.92 Å². The largest absolute Gasteiger partial charge is 0.481 e. The van der Waals surface area contributed by atoms with Crippen molar-refractivity contribution in [3.8, 4) is 11.1 Å². The van der Waals surface area contributed by atoms with Gasteiger partial charge in [-0.1, -0.05) is 75.2 Å². The number of ether oxygens (including phenoxy) is 1. The predicted molar refractivity (Wildman–Crippen MR) is 126 cm³/mol. The van der Waals surface area contributed by atoms with Crippen LogP contribution in [0.15, 0.2) is 48.5 Å². The van der Waals surface area contributed by atoms with Crippen molar-refractivity contribution in [1.29, 1.82) is 0 Å². The molecule has 0 radical (unpaired) electrons. The molecule has 2 aromatic rings. The van der Waals surface area contributed by atoms with Crippen molar-refractivity contribution >= 4 is 18.0 Å². The fourth-order valence-electron chi connectivity index (χ4n) is 4.21. The Morgan fingerprint density at radius 2 is 1.64 bits per heavy atom. The summed E-state index contributed by atoms with van der Waals surface area (Å²) < 4.78 is 5.50. The van der Waals surface area contributed by atoms with E-state index >= 15 is 0 Å². The van der Waals surface area contributed by atoms with E-state index in [9.17, 15) is 14.4 Å².